The molecule has 18 heavy (non-hydrogen) atoms. The zero-order chi connectivity index (χ0) is 12.7. The summed E-state index contributed by atoms with van der Waals surface area (Å²) in [6.45, 7) is 2.14. The molecular weight excluding hydrogens is 341 g/mol. The third kappa shape index (κ3) is 2.01. The molecule has 0 radical (unpaired) electrons. The maximum atomic E-state index is 5.91. The summed E-state index contributed by atoms with van der Waals surface area (Å²) in [5.41, 5.74) is 1.15. The Kier molecular flexibility index (Phi) is 3.44. The van der Waals surface area contributed by atoms with E-state index >= 15 is 0 Å². The summed E-state index contributed by atoms with van der Waals surface area (Å²) in [4.78, 5) is 9.45. The lowest BCUT2D eigenvalue weighted by Crippen LogP contribution is -2.19. The molecule has 98 valence electrons. The summed E-state index contributed by atoms with van der Waals surface area (Å²) < 4.78 is 7.06. The molecule has 3 heterocycles. The van der Waals surface area contributed by atoms with Gasteiger partial charge in [-0.3, -0.25) is 0 Å². The highest BCUT2D eigenvalue weighted by molar-refractivity contribution is 14.1. The Morgan fingerprint density at radius 1 is 1.39 bits per heavy atom. The maximum absolute atomic E-state index is 5.91. The second kappa shape index (κ2) is 4.92. The van der Waals surface area contributed by atoms with E-state index < -0.39 is 0 Å². The lowest BCUT2D eigenvalue weighted by molar-refractivity contribution is 0.0998. The second-order valence-corrected chi connectivity index (χ2v) is 6.09. The highest BCUT2D eigenvalue weighted by atomic mass is 127. The summed E-state index contributed by atoms with van der Waals surface area (Å²) in [5.74, 6) is 2.34. The molecule has 5 heteroatoms. The minimum atomic E-state index is 0.351. The van der Waals surface area contributed by atoms with Crippen LogP contribution in [0.25, 0.3) is 0 Å². The van der Waals surface area contributed by atoms with Crippen LogP contribution < -0.4 is 5.32 Å². The zero-order valence-corrected chi connectivity index (χ0v) is 12.9. The predicted molar refractivity (Wildman–Crippen MR) is 78.9 cm³/mol. The molecule has 1 aromatic heterocycles. The largest absolute Gasteiger partial charge is 0.374 e. The van der Waals surface area contributed by atoms with Crippen LogP contribution in [0.3, 0.4) is 0 Å². The first-order valence-corrected chi connectivity index (χ1v) is 7.70. The standard InChI is InChI=1S/C13H18IN3O/c1-3-9-11(14)13(15-2)17-12(16-9)8-6-7-4-5-10(8)18-7/h7-8,10H,3-6H2,1-2H3,(H,15,16,17). The van der Waals surface area contributed by atoms with Gasteiger partial charge in [-0.2, -0.15) is 0 Å². The molecule has 0 amide bonds. The Bertz CT molecular complexity index is 441. The molecule has 2 saturated heterocycles. The molecule has 0 aromatic carbocycles. The molecule has 2 bridgehead atoms. The topological polar surface area (TPSA) is 47.0 Å². The van der Waals surface area contributed by atoms with Crippen LogP contribution in [0, 0.1) is 3.57 Å². The van der Waals surface area contributed by atoms with Gasteiger partial charge in [-0.1, -0.05) is 6.92 Å². The number of rotatable bonds is 3. The normalized spacial score (nSPS) is 29.8. The van der Waals surface area contributed by atoms with E-state index in [4.69, 9.17) is 14.7 Å². The Hall–Kier alpha value is -0.430. The van der Waals surface area contributed by atoms with Crippen molar-refractivity contribution >= 4 is 28.4 Å². The number of hydrogen-bond acceptors (Lipinski definition) is 4. The lowest BCUT2D eigenvalue weighted by Gasteiger charge is -2.19. The van der Waals surface area contributed by atoms with Gasteiger partial charge in [0, 0.05) is 13.0 Å². The van der Waals surface area contributed by atoms with Crippen molar-refractivity contribution in [3.05, 3.63) is 15.1 Å². The highest BCUT2D eigenvalue weighted by Crippen LogP contribution is 2.43. The van der Waals surface area contributed by atoms with Crippen LogP contribution in [0.15, 0.2) is 0 Å². The van der Waals surface area contributed by atoms with E-state index in [1.54, 1.807) is 0 Å². The van der Waals surface area contributed by atoms with Gasteiger partial charge < -0.3 is 10.1 Å². The number of aromatic nitrogens is 2. The Balaban J connectivity index is 1.97. The third-order valence-electron chi connectivity index (χ3n) is 3.95. The summed E-state index contributed by atoms with van der Waals surface area (Å²) in [6.07, 6.45) is 5.23. The fourth-order valence-electron chi connectivity index (χ4n) is 2.99. The Labute approximate surface area is 121 Å². The highest BCUT2D eigenvalue weighted by Gasteiger charge is 2.43. The first kappa shape index (κ1) is 12.6. The molecule has 3 rings (SSSR count). The summed E-state index contributed by atoms with van der Waals surface area (Å²) in [6, 6.07) is 0. The van der Waals surface area contributed by atoms with Crippen molar-refractivity contribution in [2.24, 2.45) is 0 Å². The monoisotopic (exact) mass is 359 g/mol. The Morgan fingerprint density at radius 3 is 2.78 bits per heavy atom. The van der Waals surface area contributed by atoms with E-state index in [1.165, 1.54) is 12.8 Å². The second-order valence-electron chi connectivity index (χ2n) is 5.01. The number of nitrogens with one attached hydrogen (secondary N) is 1. The first-order valence-electron chi connectivity index (χ1n) is 6.62. The fourth-order valence-corrected chi connectivity index (χ4v) is 3.88. The molecular formula is C13H18IN3O. The number of nitrogens with zero attached hydrogens (tertiary/aromatic N) is 2. The van der Waals surface area contributed by atoms with Crippen LogP contribution in [-0.2, 0) is 11.2 Å². The van der Waals surface area contributed by atoms with Gasteiger partial charge in [0.1, 0.15) is 11.6 Å². The quantitative estimate of drug-likeness (QED) is 0.844. The summed E-state index contributed by atoms with van der Waals surface area (Å²) in [7, 11) is 1.92. The van der Waals surface area contributed by atoms with Crippen LogP contribution in [0.1, 0.15) is 43.6 Å². The zero-order valence-electron chi connectivity index (χ0n) is 10.7. The molecule has 3 unspecified atom stereocenters. The van der Waals surface area contributed by atoms with Crippen molar-refractivity contribution < 1.29 is 4.74 Å². The lowest BCUT2D eigenvalue weighted by atomic mass is 9.88. The van der Waals surface area contributed by atoms with Gasteiger partial charge in [-0.05, 0) is 48.3 Å². The number of anilines is 1. The number of hydrogen-bond donors (Lipinski definition) is 1. The third-order valence-corrected chi connectivity index (χ3v) is 5.08. The summed E-state index contributed by atoms with van der Waals surface area (Å²) in [5, 5.41) is 3.18. The number of ether oxygens (including phenoxy) is 1. The van der Waals surface area contributed by atoms with E-state index in [2.05, 4.69) is 34.8 Å². The van der Waals surface area contributed by atoms with Crippen LogP contribution >= 0.6 is 22.6 Å². The van der Waals surface area contributed by atoms with Crippen LogP contribution in [0.4, 0.5) is 5.82 Å². The van der Waals surface area contributed by atoms with Crippen molar-refractivity contribution in [2.75, 3.05) is 12.4 Å². The fraction of sp³-hybridized carbons (Fsp3) is 0.692. The molecule has 0 saturated carbocycles. The molecule has 2 aliphatic heterocycles. The Morgan fingerprint density at radius 2 is 2.22 bits per heavy atom. The van der Waals surface area contributed by atoms with Gasteiger partial charge in [0.05, 0.1) is 21.5 Å². The van der Waals surface area contributed by atoms with Gasteiger partial charge in [-0.15, -0.1) is 0 Å². The number of halogens is 1. The molecule has 1 N–H and O–H groups in total. The number of aryl methyl sites for hydroxylation is 1. The smallest absolute Gasteiger partial charge is 0.143 e. The van der Waals surface area contributed by atoms with Gasteiger partial charge in [0.15, 0.2) is 0 Å². The van der Waals surface area contributed by atoms with Crippen LogP contribution in [0.2, 0.25) is 0 Å². The van der Waals surface area contributed by atoms with Crippen molar-refractivity contribution in [1.82, 2.24) is 9.97 Å². The molecule has 0 spiro atoms. The average Bonchev–Trinajstić information content (AvgIpc) is 3.01. The number of fused-ring (bicyclic) bond motifs is 2. The van der Waals surface area contributed by atoms with E-state index in [9.17, 15) is 0 Å². The average molecular weight is 359 g/mol. The van der Waals surface area contributed by atoms with E-state index in [1.807, 2.05) is 7.05 Å². The van der Waals surface area contributed by atoms with Crippen molar-refractivity contribution in [2.45, 2.75) is 50.7 Å². The molecule has 2 fully saturated rings. The van der Waals surface area contributed by atoms with E-state index in [-0.39, 0.29) is 0 Å². The SMILES string of the molecule is CCc1nc(C2CC3CCC2O3)nc(NC)c1I. The molecule has 0 aliphatic carbocycles. The maximum Gasteiger partial charge on any atom is 0.143 e. The van der Waals surface area contributed by atoms with E-state index in [0.29, 0.717) is 18.1 Å². The van der Waals surface area contributed by atoms with Crippen LogP contribution in [-0.4, -0.2) is 29.2 Å². The van der Waals surface area contributed by atoms with Gasteiger partial charge in [0.25, 0.3) is 0 Å². The molecule has 1 aromatic rings. The molecule has 2 aliphatic rings. The van der Waals surface area contributed by atoms with Gasteiger partial charge >= 0.3 is 0 Å². The van der Waals surface area contributed by atoms with Crippen molar-refractivity contribution in [1.29, 1.82) is 0 Å². The molecule has 4 nitrogen and oxygen atoms in total. The minimum Gasteiger partial charge on any atom is -0.374 e. The van der Waals surface area contributed by atoms with Crippen LogP contribution in [0.5, 0.6) is 0 Å². The predicted octanol–water partition coefficient (Wildman–Crippen LogP) is 2.72. The van der Waals surface area contributed by atoms with E-state index in [0.717, 1.165) is 33.7 Å². The summed E-state index contributed by atoms with van der Waals surface area (Å²) >= 11 is 2.33. The minimum absolute atomic E-state index is 0.351. The molecule has 3 atom stereocenters. The van der Waals surface area contributed by atoms with Gasteiger partial charge in [0.2, 0.25) is 0 Å². The van der Waals surface area contributed by atoms with Gasteiger partial charge in [-0.25, -0.2) is 9.97 Å². The van der Waals surface area contributed by atoms with Crippen molar-refractivity contribution in [3.8, 4) is 0 Å². The first-order chi connectivity index (χ1) is 8.72. The van der Waals surface area contributed by atoms with Crippen molar-refractivity contribution in [3.63, 3.8) is 0 Å².